The molecule has 0 aliphatic carbocycles. The molecule has 0 radical (unpaired) electrons. The van der Waals surface area contributed by atoms with E-state index in [2.05, 4.69) is 71.6 Å². The third-order valence-corrected chi connectivity index (χ3v) is 7.14. The van der Waals surface area contributed by atoms with Crippen LogP contribution < -0.4 is 9.80 Å². The summed E-state index contributed by atoms with van der Waals surface area (Å²) < 4.78 is 0. The van der Waals surface area contributed by atoms with E-state index in [0.717, 1.165) is 69.6 Å². The molecule has 6 heteroatoms. The lowest BCUT2D eigenvalue weighted by Gasteiger charge is -2.28. The van der Waals surface area contributed by atoms with E-state index in [1.165, 1.54) is 18.2 Å². The molecule has 1 aromatic heterocycles. The second kappa shape index (κ2) is 9.48. The Morgan fingerprint density at radius 1 is 0.800 bits per heavy atom. The van der Waals surface area contributed by atoms with Gasteiger partial charge in [-0.05, 0) is 51.2 Å². The normalized spacial score (nSPS) is 22.2. The zero-order valence-electron chi connectivity index (χ0n) is 19.2. The fourth-order valence-corrected chi connectivity index (χ4v) is 5.36. The average molecular weight is 411 g/mol. The van der Waals surface area contributed by atoms with Gasteiger partial charge in [0.2, 0.25) is 5.95 Å². The summed E-state index contributed by atoms with van der Waals surface area (Å²) in [5, 5.41) is 1.18. The Bertz CT molecular complexity index is 832. The number of nitrogens with zero attached hydrogens (tertiary/aromatic N) is 6. The molecule has 2 saturated heterocycles. The lowest BCUT2D eigenvalue weighted by molar-refractivity contribution is 0.232. The maximum Gasteiger partial charge on any atom is 0.227 e. The molecule has 2 aromatic rings. The maximum atomic E-state index is 5.16. The Balaban J connectivity index is 1.61. The first-order chi connectivity index (χ1) is 14.7. The van der Waals surface area contributed by atoms with Crippen LogP contribution in [0.4, 0.5) is 11.8 Å². The van der Waals surface area contributed by atoms with Crippen LogP contribution in [0.2, 0.25) is 0 Å². The number of aromatic nitrogens is 2. The van der Waals surface area contributed by atoms with Crippen LogP contribution in [0.25, 0.3) is 10.9 Å². The average Bonchev–Trinajstić information content (AvgIpc) is 3.45. The summed E-state index contributed by atoms with van der Waals surface area (Å²) in [6.45, 7) is 17.7. The van der Waals surface area contributed by atoms with Crippen molar-refractivity contribution in [1.82, 2.24) is 19.8 Å². The fraction of sp³-hybridized carbons (Fsp3) is 0.667. The van der Waals surface area contributed by atoms with Gasteiger partial charge >= 0.3 is 0 Å². The zero-order chi connectivity index (χ0) is 21.1. The summed E-state index contributed by atoms with van der Waals surface area (Å²) in [5.41, 5.74) is 1.06. The van der Waals surface area contributed by atoms with Crippen molar-refractivity contribution in [2.45, 2.75) is 52.6 Å². The highest BCUT2D eigenvalue weighted by Crippen LogP contribution is 2.31. The van der Waals surface area contributed by atoms with Crippen LogP contribution in [0.5, 0.6) is 0 Å². The highest BCUT2D eigenvalue weighted by atomic mass is 15.3. The molecule has 3 heterocycles. The van der Waals surface area contributed by atoms with E-state index >= 15 is 0 Å². The van der Waals surface area contributed by atoms with Crippen LogP contribution >= 0.6 is 0 Å². The van der Waals surface area contributed by atoms with Gasteiger partial charge in [-0.2, -0.15) is 4.98 Å². The van der Waals surface area contributed by atoms with E-state index in [4.69, 9.17) is 9.97 Å². The SMILES string of the molecule is CCN(CC)C1CCN(c2nc(N3CCC(N(CC)CC)C3)c3ccccc3n2)C1. The molecule has 2 unspecified atom stereocenters. The van der Waals surface area contributed by atoms with Crippen LogP contribution in [0, 0.1) is 0 Å². The quantitative estimate of drug-likeness (QED) is 0.664. The number of para-hydroxylation sites is 1. The standard InChI is InChI=1S/C24H38N6/c1-5-27(6-2)19-13-15-29(17-19)23-21-11-9-10-12-22(21)25-24(26-23)30-16-14-20(18-30)28(7-3)8-4/h9-12,19-20H,5-8,13-18H2,1-4H3. The van der Waals surface area contributed by atoms with Crippen LogP contribution in [-0.2, 0) is 0 Å². The highest BCUT2D eigenvalue weighted by molar-refractivity contribution is 5.90. The van der Waals surface area contributed by atoms with E-state index in [-0.39, 0.29) is 0 Å². The second-order valence-electron chi connectivity index (χ2n) is 8.58. The van der Waals surface area contributed by atoms with Crippen molar-refractivity contribution in [2.75, 3.05) is 62.2 Å². The number of likely N-dealkylation sites (N-methyl/N-ethyl adjacent to an activating group) is 2. The smallest absolute Gasteiger partial charge is 0.227 e. The van der Waals surface area contributed by atoms with Gasteiger partial charge in [-0.15, -0.1) is 0 Å². The van der Waals surface area contributed by atoms with Crippen molar-refractivity contribution in [3.63, 3.8) is 0 Å². The first-order valence-corrected chi connectivity index (χ1v) is 11.9. The van der Waals surface area contributed by atoms with Crippen LogP contribution in [-0.4, -0.2) is 84.2 Å². The van der Waals surface area contributed by atoms with E-state index in [1.54, 1.807) is 0 Å². The molecule has 2 atom stereocenters. The van der Waals surface area contributed by atoms with Crippen molar-refractivity contribution >= 4 is 22.7 Å². The third kappa shape index (κ3) is 4.12. The molecule has 2 fully saturated rings. The van der Waals surface area contributed by atoms with Crippen molar-refractivity contribution < 1.29 is 0 Å². The van der Waals surface area contributed by atoms with Gasteiger partial charge in [-0.1, -0.05) is 39.8 Å². The van der Waals surface area contributed by atoms with Gasteiger partial charge in [0.05, 0.1) is 5.52 Å². The minimum atomic E-state index is 0.609. The number of anilines is 2. The molecule has 2 aliphatic rings. The molecule has 1 aromatic carbocycles. The molecule has 4 rings (SSSR count). The molecule has 0 N–H and O–H groups in total. The largest absolute Gasteiger partial charge is 0.354 e. The molecule has 0 bridgehead atoms. The van der Waals surface area contributed by atoms with Gasteiger partial charge in [-0.3, -0.25) is 9.80 Å². The molecule has 0 amide bonds. The molecule has 30 heavy (non-hydrogen) atoms. The Kier molecular flexibility index (Phi) is 6.74. The summed E-state index contributed by atoms with van der Waals surface area (Å²) in [7, 11) is 0. The fourth-order valence-electron chi connectivity index (χ4n) is 5.36. The highest BCUT2D eigenvalue weighted by Gasteiger charge is 2.31. The number of hydrogen-bond donors (Lipinski definition) is 0. The maximum absolute atomic E-state index is 5.16. The van der Waals surface area contributed by atoms with Crippen LogP contribution in [0.3, 0.4) is 0 Å². The summed E-state index contributed by atoms with van der Waals surface area (Å²) in [4.78, 5) is 20.2. The summed E-state index contributed by atoms with van der Waals surface area (Å²) in [5.74, 6) is 2.03. The number of fused-ring (bicyclic) bond motifs is 1. The van der Waals surface area contributed by atoms with Crippen molar-refractivity contribution in [2.24, 2.45) is 0 Å². The van der Waals surface area contributed by atoms with Crippen molar-refractivity contribution in [3.05, 3.63) is 24.3 Å². The monoisotopic (exact) mass is 410 g/mol. The molecule has 164 valence electrons. The molecular formula is C24H38N6. The number of hydrogen-bond acceptors (Lipinski definition) is 6. The predicted molar refractivity (Wildman–Crippen MR) is 127 cm³/mol. The van der Waals surface area contributed by atoms with Gasteiger partial charge in [0, 0.05) is 43.6 Å². The van der Waals surface area contributed by atoms with Gasteiger partial charge in [0.15, 0.2) is 0 Å². The summed E-state index contributed by atoms with van der Waals surface area (Å²) >= 11 is 0. The van der Waals surface area contributed by atoms with E-state index in [1.807, 2.05) is 0 Å². The second-order valence-corrected chi connectivity index (χ2v) is 8.58. The topological polar surface area (TPSA) is 38.7 Å². The zero-order valence-corrected chi connectivity index (χ0v) is 19.2. The molecule has 6 nitrogen and oxygen atoms in total. The van der Waals surface area contributed by atoms with E-state index in [0.29, 0.717) is 12.1 Å². The minimum Gasteiger partial charge on any atom is -0.354 e. The Morgan fingerprint density at radius 3 is 2.00 bits per heavy atom. The molecule has 0 spiro atoms. The molecular weight excluding hydrogens is 372 g/mol. The summed E-state index contributed by atoms with van der Waals surface area (Å²) in [6, 6.07) is 9.75. The predicted octanol–water partition coefficient (Wildman–Crippen LogP) is 3.47. The van der Waals surface area contributed by atoms with Crippen LogP contribution in [0.1, 0.15) is 40.5 Å². The Labute approximate surface area is 181 Å². The minimum absolute atomic E-state index is 0.609. The van der Waals surface area contributed by atoms with Gasteiger partial charge in [0.1, 0.15) is 5.82 Å². The Morgan fingerprint density at radius 2 is 1.37 bits per heavy atom. The van der Waals surface area contributed by atoms with Crippen molar-refractivity contribution in [3.8, 4) is 0 Å². The number of rotatable bonds is 8. The first kappa shape index (κ1) is 21.3. The van der Waals surface area contributed by atoms with Gasteiger partial charge in [0.25, 0.3) is 0 Å². The lowest BCUT2D eigenvalue weighted by atomic mass is 10.2. The molecule has 2 aliphatic heterocycles. The van der Waals surface area contributed by atoms with E-state index < -0.39 is 0 Å². The van der Waals surface area contributed by atoms with Gasteiger partial charge in [-0.25, -0.2) is 4.98 Å². The third-order valence-electron chi connectivity index (χ3n) is 7.14. The number of benzene rings is 1. The lowest BCUT2D eigenvalue weighted by Crippen LogP contribution is -2.38. The van der Waals surface area contributed by atoms with E-state index in [9.17, 15) is 0 Å². The first-order valence-electron chi connectivity index (χ1n) is 11.9. The van der Waals surface area contributed by atoms with Crippen molar-refractivity contribution in [1.29, 1.82) is 0 Å². The van der Waals surface area contributed by atoms with Gasteiger partial charge < -0.3 is 9.80 Å². The summed E-state index contributed by atoms with van der Waals surface area (Å²) in [6.07, 6.45) is 2.41. The Hall–Kier alpha value is -1.92. The molecule has 0 saturated carbocycles. The van der Waals surface area contributed by atoms with Crippen LogP contribution in [0.15, 0.2) is 24.3 Å².